The van der Waals surface area contributed by atoms with Crippen LogP contribution < -0.4 is 0 Å². The number of aryl methyl sites for hydroxylation is 1. The number of hydrogen-bond acceptors (Lipinski definition) is 4. The van der Waals surface area contributed by atoms with Crippen LogP contribution >= 0.6 is 11.8 Å². The molecule has 1 aliphatic heterocycles. The number of nitrogens with zero attached hydrogens (tertiary/aromatic N) is 3. The van der Waals surface area contributed by atoms with E-state index in [2.05, 4.69) is 9.98 Å². The zero-order chi connectivity index (χ0) is 11.5. The van der Waals surface area contributed by atoms with Crippen molar-refractivity contribution < 1.29 is 4.79 Å². The predicted molar refractivity (Wildman–Crippen MR) is 65.8 cm³/mol. The summed E-state index contributed by atoms with van der Waals surface area (Å²) in [6.45, 7) is 3.28. The third-order valence-corrected chi connectivity index (χ3v) is 3.21. The van der Waals surface area contributed by atoms with Crippen LogP contribution in [0.4, 0.5) is 0 Å². The summed E-state index contributed by atoms with van der Waals surface area (Å²) < 4.78 is 0. The molecule has 84 valence electrons. The third kappa shape index (κ3) is 1.95. The van der Waals surface area contributed by atoms with Gasteiger partial charge >= 0.3 is 0 Å². The number of amidine groups is 1. The molecule has 1 aromatic rings. The first-order valence-corrected chi connectivity index (χ1v) is 6.27. The first-order valence-electron chi connectivity index (χ1n) is 5.05. The Morgan fingerprint density at radius 1 is 1.56 bits per heavy atom. The first kappa shape index (κ1) is 11.1. The van der Waals surface area contributed by atoms with E-state index in [0.717, 1.165) is 10.7 Å². The lowest BCUT2D eigenvalue weighted by molar-refractivity contribution is 0.0859. The van der Waals surface area contributed by atoms with E-state index >= 15 is 0 Å². The van der Waals surface area contributed by atoms with E-state index in [0.29, 0.717) is 18.7 Å². The SMILES string of the molecule is CSC1=NCCN1C(=O)c1cnccc1C. The molecule has 0 radical (unpaired) electrons. The van der Waals surface area contributed by atoms with Gasteiger partial charge in [0.05, 0.1) is 12.1 Å². The molecule has 0 aromatic carbocycles. The molecule has 0 saturated carbocycles. The summed E-state index contributed by atoms with van der Waals surface area (Å²) in [5, 5.41) is 0.799. The van der Waals surface area contributed by atoms with Crippen LogP contribution in [0.3, 0.4) is 0 Å². The summed E-state index contributed by atoms with van der Waals surface area (Å²) in [6, 6.07) is 1.85. The molecule has 0 aliphatic carbocycles. The van der Waals surface area contributed by atoms with Crippen LogP contribution in [-0.4, -0.2) is 40.3 Å². The van der Waals surface area contributed by atoms with Crippen molar-refractivity contribution in [2.75, 3.05) is 19.3 Å². The van der Waals surface area contributed by atoms with E-state index < -0.39 is 0 Å². The molecule has 0 unspecified atom stereocenters. The minimum absolute atomic E-state index is 0.00352. The van der Waals surface area contributed by atoms with E-state index in [9.17, 15) is 4.79 Å². The van der Waals surface area contributed by atoms with Crippen molar-refractivity contribution in [3.63, 3.8) is 0 Å². The Bertz CT molecular complexity index is 445. The molecule has 0 fully saturated rings. The first-order chi connectivity index (χ1) is 7.74. The lowest BCUT2D eigenvalue weighted by Crippen LogP contribution is -2.33. The van der Waals surface area contributed by atoms with E-state index in [1.165, 1.54) is 11.8 Å². The Hall–Kier alpha value is -1.36. The standard InChI is InChI=1S/C11H13N3OS/c1-8-3-4-12-7-9(8)10(15)14-6-5-13-11(14)16-2/h3-4,7H,5-6H2,1-2H3. The van der Waals surface area contributed by atoms with E-state index in [1.54, 1.807) is 17.3 Å². The molecule has 0 N–H and O–H groups in total. The number of carbonyl (C=O) groups is 1. The maximum absolute atomic E-state index is 12.2. The summed E-state index contributed by atoms with van der Waals surface area (Å²) in [5.41, 5.74) is 1.61. The number of pyridine rings is 1. The van der Waals surface area contributed by atoms with E-state index in [-0.39, 0.29) is 5.91 Å². The Morgan fingerprint density at radius 3 is 3.06 bits per heavy atom. The van der Waals surface area contributed by atoms with Gasteiger partial charge < -0.3 is 0 Å². The van der Waals surface area contributed by atoms with Crippen molar-refractivity contribution in [3.8, 4) is 0 Å². The van der Waals surface area contributed by atoms with Gasteiger partial charge in [-0.2, -0.15) is 0 Å². The summed E-state index contributed by atoms with van der Waals surface area (Å²) in [6.07, 6.45) is 5.24. The van der Waals surface area contributed by atoms with Crippen molar-refractivity contribution in [3.05, 3.63) is 29.6 Å². The van der Waals surface area contributed by atoms with Gasteiger partial charge in [-0.3, -0.25) is 19.7 Å². The molecule has 16 heavy (non-hydrogen) atoms. The highest BCUT2D eigenvalue weighted by Gasteiger charge is 2.25. The maximum atomic E-state index is 12.2. The van der Waals surface area contributed by atoms with Crippen LogP contribution in [0, 0.1) is 6.92 Å². The van der Waals surface area contributed by atoms with Crippen LogP contribution in [0.25, 0.3) is 0 Å². The van der Waals surface area contributed by atoms with Gasteiger partial charge in [0.15, 0.2) is 5.17 Å². The molecule has 4 nitrogen and oxygen atoms in total. The van der Waals surface area contributed by atoms with Crippen LogP contribution in [0.1, 0.15) is 15.9 Å². The second kappa shape index (κ2) is 4.65. The predicted octanol–water partition coefficient (Wildman–Crippen LogP) is 1.56. The second-order valence-electron chi connectivity index (χ2n) is 3.52. The number of carbonyl (C=O) groups excluding carboxylic acids is 1. The van der Waals surface area contributed by atoms with E-state index in [1.807, 2.05) is 19.2 Å². The van der Waals surface area contributed by atoms with Gasteiger partial charge in [0, 0.05) is 18.9 Å². The van der Waals surface area contributed by atoms with Crippen LogP contribution in [0.15, 0.2) is 23.5 Å². The molecular formula is C11H13N3OS. The number of aliphatic imine (C=N–C) groups is 1. The van der Waals surface area contributed by atoms with Gasteiger partial charge in [-0.05, 0) is 24.8 Å². The summed E-state index contributed by atoms with van der Waals surface area (Å²) in [5.74, 6) is -0.00352. The quantitative estimate of drug-likeness (QED) is 0.742. The Labute approximate surface area is 98.8 Å². The number of aromatic nitrogens is 1. The number of rotatable bonds is 1. The molecule has 1 aromatic heterocycles. The van der Waals surface area contributed by atoms with Gasteiger partial charge in [0.1, 0.15) is 0 Å². The topological polar surface area (TPSA) is 45.6 Å². The van der Waals surface area contributed by atoms with Gasteiger partial charge in [0.25, 0.3) is 5.91 Å². The van der Waals surface area contributed by atoms with Gasteiger partial charge in [0.2, 0.25) is 0 Å². The van der Waals surface area contributed by atoms with Crippen molar-refractivity contribution in [1.29, 1.82) is 0 Å². The van der Waals surface area contributed by atoms with Gasteiger partial charge in [-0.1, -0.05) is 11.8 Å². The molecule has 2 heterocycles. The van der Waals surface area contributed by atoms with Crippen molar-refractivity contribution in [1.82, 2.24) is 9.88 Å². The fraction of sp³-hybridized carbons (Fsp3) is 0.364. The number of hydrogen-bond donors (Lipinski definition) is 0. The lowest BCUT2D eigenvalue weighted by Gasteiger charge is -2.17. The summed E-state index contributed by atoms with van der Waals surface area (Å²) in [7, 11) is 0. The molecule has 0 saturated heterocycles. The highest BCUT2D eigenvalue weighted by molar-refractivity contribution is 8.13. The zero-order valence-electron chi connectivity index (χ0n) is 9.30. The van der Waals surface area contributed by atoms with Crippen molar-refractivity contribution in [2.45, 2.75) is 6.92 Å². The zero-order valence-corrected chi connectivity index (χ0v) is 10.1. The highest BCUT2D eigenvalue weighted by Crippen LogP contribution is 2.16. The van der Waals surface area contributed by atoms with Gasteiger partial charge in [-0.25, -0.2) is 0 Å². The molecule has 5 heteroatoms. The molecule has 1 amide bonds. The van der Waals surface area contributed by atoms with E-state index in [4.69, 9.17) is 0 Å². The van der Waals surface area contributed by atoms with Crippen LogP contribution in [0.5, 0.6) is 0 Å². The normalized spacial score (nSPS) is 15.1. The monoisotopic (exact) mass is 235 g/mol. The average Bonchev–Trinajstić information content (AvgIpc) is 2.77. The van der Waals surface area contributed by atoms with Crippen LogP contribution in [-0.2, 0) is 0 Å². The van der Waals surface area contributed by atoms with Crippen molar-refractivity contribution >= 4 is 22.8 Å². The minimum atomic E-state index is -0.00352. The third-order valence-electron chi connectivity index (χ3n) is 2.50. The average molecular weight is 235 g/mol. The van der Waals surface area contributed by atoms with Crippen molar-refractivity contribution in [2.24, 2.45) is 4.99 Å². The lowest BCUT2D eigenvalue weighted by atomic mass is 10.1. The highest BCUT2D eigenvalue weighted by atomic mass is 32.2. The Balaban J connectivity index is 2.27. The fourth-order valence-electron chi connectivity index (χ4n) is 1.62. The van der Waals surface area contributed by atoms with Gasteiger partial charge in [-0.15, -0.1) is 0 Å². The minimum Gasteiger partial charge on any atom is -0.286 e. The Kier molecular flexibility index (Phi) is 3.24. The molecule has 2 rings (SSSR count). The molecular weight excluding hydrogens is 222 g/mol. The number of thioether (sulfide) groups is 1. The summed E-state index contributed by atoms with van der Waals surface area (Å²) in [4.78, 5) is 22.2. The number of amides is 1. The Morgan fingerprint density at radius 2 is 2.38 bits per heavy atom. The fourth-order valence-corrected chi connectivity index (χ4v) is 2.24. The smallest absolute Gasteiger partial charge is 0.261 e. The van der Waals surface area contributed by atoms with Crippen LogP contribution in [0.2, 0.25) is 0 Å². The molecule has 1 aliphatic rings. The maximum Gasteiger partial charge on any atom is 0.261 e. The molecule has 0 spiro atoms. The molecule has 0 bridgehead atoms. The largest absolute Gasteiger partial charge is 0.286 e. The second-order valence-corrected chi connectivity index (χ2v) is 4.29. The molecule has 0 atom stereocenters. The summed E-state index contributed by atoms with van der Waals surface area (Å²) >= 11 is 1.50.